The van der Waals surface area contributed by atoms with Gasteiger partial charge in [0.15, 0.2) is 0 Å². The van der Waals surface area contributed by atoms with Crippen LogP contribution in [0.3, 0.4) is 0 Å². The van der Waals surface area contributed by atoms with Crippen molar-refractivity contribution >= 4 is 17.6 Å². The predicted octanol–water partition coefficient (Wildman–Crippen LogP) is 1.60. The third kappa shape index (κ3) is 2.86. The summed E-state index contributed by atoms with van der Waals surface area (Å²) in [5, 5.41) is 19.9. The number of carboxylic acids is 1. The number of benzene rings is 1. The summed E-state index contributed by atoms with van der Waals surface area (Å²) in [6.45, 7) is 1.98. The van der Waals surface area contributed by atoms with Crippen LogP contribution in [-0.4, -0.2) is 38.9 Å². The molecule has 1 fully saturated rings. The number of likely N-dealkylation sites (tertiary alicyclic amines) is 1. The Labute approximate surface area is 121 Å². The monoisotopic (exact) mass is 292 g/mol. The molecule has 1 aliphatic rings. The van der Waals surface area contributed by atoms with E-state index in [1.165, 1.54) is 29.2 Å². The van der Waals surface area contributed by atoms with Crippen molar-refractivity contribution in [3.63, 3.8) is 0 Å². The van der Waals surface area contributed by atoms with Gasteiger partial charge in [0.25, 0.3) is 5.69 Å². The van der Waals surface area contributed by atoms with Gasteiger partial charge >= 0.3 is 5.97 Å². The highest BCUT2D eigenvalue weighted by molar-refractivity contribution is 5.88. The lowest BCUT2D eigenvalue weighted by Gasteiger charge is -2.31. The van der Waals surface area contributed by atoms with Gasteiger partial charge in [0, 0.05) is 18.7 Å². The molecule has 7 heteroatoms. The van der Waals surface area contributed by atoms with E-state index >= 15 is 0 Å². The van der Waals surface area contributed by atoms with Crippen LogP contribution in [0.4, 0.5) is 5.69 Å². The molecule has 0 radical (unpaired) electrons. The standard InChI is InChI=1S/C14H16N2O5/c1-14(13(18)19)7-2-8-15(14)12(17)9-10-3-5-11(6-4-10)16(20)21/h3-6H,2,7-9H2,1H3,(H,18,19). The molecule has 0 spiro atoms. The number of nitrogens with zero attached hydrogens (tertiary/aromatic N) is 2. The van der Waals surface area contributed by atoms with E-state index < -0.39 is 16.4 Å². The zero-order valence-electron chi connectivity index (χ0n) is 11.6. The molecule has 1 saturated heterocycles. The summed E-state index contributed by atoms with van der Waals surface area (Å²) in [4.78, 5) is 35.1. The summed E-state index contributed by atoms with van der Waals surface area (Å²) in [6, 6.07) is 5.71. The van der Waals surface area contributed by atoms with Gasteiger partial charge in [-0.05, 0) is 25.3 Å². The molecule has 1 heterocycles. The largest absolute Gasteiger partial charge is 0.480 e. The van der Waals surface area contributed by atoms with E-state index in [9.17, 15) is 24.8 Å². The molecule has 1 aliphatic heterocycles. The molecule has 0 saturated carbocycles. The van der Waals surface area contributed by atoms with E-state index in [1.54, 1.807) is 6.92 Å². The first-order valence-corrected chi connectivity index (χ1v) is 6.62. The lowest BCUT2D eigenvalue weighted by atomic mass is 9.98. The van der Waals surface area contributed by atoms with Crippen LogP contribution in [0.5, 0.6) is 0 Å². The molecule has 0 aromatic heterocycles. The highest BCUT2D eigenvalue weighted by Gasteiger charge is 2.45. The molecule has 21 heavy (non-hydrogen) atoms. The SMILES string of the molecule is CC1(C(=O)O)CCCN1C(=O)Cc1ccc([N+](=O)[O-])cc1. The molecule has 7 nitrogen and oxygen atoms in total. The van der Waals surface area contributed by atoms with Crippen molar-refractivity contribution < 1.29 is 19.6 Å². The first-order valence-electron chi connectivity index (χ1n) is 6.62. The van der Waals surface area contributed by atoms with Gasteiger partial charge in [0.2, 0.25) is 5.91 Å². The Hall–Kier alpha value is -2.44. The number of nitro groups is 1. The Morgan fingerprint density at radius 1 is 1.38 bits per heavy atom. The number of amides is 1. The zero-order chi connectivity index (χ0) is 15.6. The number of hydrogen-bond acceptors (Lipinski definition) is 4. The lowest BCUT2D eigenvalue weighted by molar-refractivity contribution is -0.384. The van der Waals surface area contributed by atoms with Crippen molar-refractivity contribution in [2.24, 2.45) is 0 Å². The first-order chi connectivity index (χ1) is 9.84. The molecular formula is C14H16N2O5. The molecule has 0 bridgehead atoms. The van der Waals surface area contributed by atoms with Gasteiger partial charge in [0.1, 0.15) is 5.54 Å². The second kappa shape index (κ2) is 5.51. The van der Waals surface area contributed by atoms with Crippen molar-refractivity contribution in [2.45, 2.75) is 31.7 Å². The van der Waals surface area contributed by atoms with Crippen molar-refractivity contribution in [3.05, 3.63) is 39.9 Å². The fraction of sp³-hybridized carbons (Fsp3) is 0.429. The van der Waals surface area contributed by atoms with Crippen LogP contribution in [0.2, 0.25) is 0 Å². The maximum absolute atomic E-state index is 12.3. The summed E-state index contributed by atoms with van der Waals surface area (Å²) < 4.78 is 0. The Balaban J connectivity index is 2.11. The van der Waals surface area contributed by atoms with Crippen LogP contribution in [0, 0.1) is 10.1 Å². The quantitative estimate of drug-likeness (QED) is 0.671. The van der Waals surface area contributed by atoms with Crippen LogP contribution >= 0.6 is 0 Å². The van der Waals surface area contributed by atoms with Crippen molar-refractivity contribution in [3.8, 4) is 0 Å². The van der Waals surface area contributed by atoms with Gasteiger partial charge in [-0.25, -0.2) is 4.79 Å². The third-order valence-electron chi connectivity index (χ3n) is 3.91. The molecule has 1 atom stereocenters. The van der Waals surface area contributed by atoms with Crippen molar-refractivity contribution in [1.82, 2.24) is 4.90 Å². The van der Waals surface area contributed by atoms with Crippen LogP contribution in [-0.2, 0) is 16.0 Å². The predicted molar refractivity (Wildman–Crippen MR) is 73.8 cm³/mol. The van der Waals surface area contributed by atoms with E-state index in [1.807, 2.05) is 0 Å². The van der Waals surface area contributed by atoms with Gasteiger partial charge in [-0.2, -0.15) is 0 Å². The summed E-state index contributed by atoms with van der Waals surface area (Å²) in [7, 11) is 0. The highest BCUT2D eigenvalue weighted by Crippen LogP contribution is 2.30. The Kier molecular flexibility index (Phi) is 3.93. The average molecular weight is 292 g/mol. The number of rotatable bonds is 4. The summed E-state index contributed by atoms with van der Waals surface area (Å²) in [5.74, 6) is -1.27. The van der Waals surface area contributed by atoms with Gasteiger partial charge in [-0.3, -0.25) is 14.9 Å². The topological polar surface area (TPSA) is 101 Å². The number of hydrogen-bond donors (Lipinski definition) is 1. The molecule has 1 amide bonds. The number of aliphatic carboxylic acids is 1. The second-order valence-electron chi connectivity index (χ2n) is 5.33. The van der Waals surface area contributed by atoms with Crippen LogP contribution in [0.25, 0.3) is 0 Å². The molecular weight excluding hydrogens is 276 g/mol. The lowest BCUT2D eigenvalue weighted by Crippen LogP contribution is -2.51. The van der Waals surface area contributed by atoms with E-state index in [0.29, 0.717) is 24.9 Å². The maximum Gasteiger partial charge on any atom is 0.329 e. The molecule has 1 N–H and O–H groups in total. The van der Waals surface area contributed by atoms with Crippen molar-refractivity contribution in [2.75, 3.05) is 6.54 Å². The number of carbonyl (C=O) groups is 2. The summed E-state index contributed by atoms with van der Waals surface area (Å²) >= 11 is 0. The zero-order valence-corrected chi connectivity index (χ0v) is 11.6. The number of non-ortho nitro benzene ring substituents is 1. The molecule has 1 aromatic carbocycles. The minimum absolute atomic E-state index is 0.0391. The van der Waals surface area contributed by atoms with Gasteiger partial charge in [0.05, 0.1) is 11.3 Å². The Morgan fingerprint density at radius 3 is 2.52 bits per heavy atom. The number of carboxylic acid groups (broad SMARTS) is 1. The normalized spacial score (nSPS) is 21.3. The Bertz CT molecular complexity index is 584. The highest BCUT2D eigenvalue weighted by atomic mass is 16.6. The molecule has 0 aliphatic carbocycles. The Morgan fingerprint density at radius 2 is 2.00 bits per heavy atom. The fourth-order valence-corrected chi connectivity index (χ4v) is 2.59. The fourth-order valence-electron chi connectivity index (χ4n) is 2.59. The van der Waals surface area contributed by atoms with E-state index in [2.05, 4.69) is 0 Å². The molecule has 1 aromatic rings. The van der Waals surface area contributed by atoms with E-state index in [0.717, 1.165) is 0 Å². The van der Waals surface area contributed by atoms with Gasteiger partial charge in [-0.15, -0.1) is 0 Å². The smallest absolute Gasteiger partial charge is 0.329 e. The van der Waals surface area contributed by atoms with Crippen LogP contribution < -0.4 is 0 Å². The minimum Gasteiger partial charge on any atom is -0.480 e. The molecule has 2 rings (SSSR count). The summed E-state index contributed by atoms with van der Waals surface area (Å²) in [6.07, 6.45) is 1.14. The number of nitro benzene ring substituents is 1. The molecule has 112 valence electrons. The summed E-state index contributed by atoms with van der Waals surface area (Å²) in [5.41, 5.74) is -0.564. The average Bonchev–Trinajstić information content (AvgIpc) is 2.83. The first kappa shape index (κ1) is 15.0. The minimum atomic E-state index is -1.15. The maximum atomic E-state index is 12.3. The molecule has 1 unspecified atom stereocenters. The van der Waals surface area contributed by atoms with E-state index in [-0.39, 0.29) is 18.0 Å². The van der Waals surface area contributed by atoms with Crippen LogP contribution in [0.1, 0.15) is 25.3 Å². The van der Waals surface area contributed by atoms with Crippen molar-refractivity contribution in [1.29, 1.82) is 0 Å². The number of carbonyl (C=O) groups excluding carboxylic acids is 1. The second-order valence-corrected chi connectivity index (χ2v) is 5.33. The van der Waals surface area contributed by atoms with E-state index in [4.69, 9.17) is 0 Å². The van der Waals surface area contributed by atoms with Gasteiger partial charge < -0.3 is 10.0 Å². The van der Waals surface area contributed by atoms with Gasteiger partial charge in [-0.1, -0.05) is 12.1 Å². The third-order valence-corrected chi connectivity index (χ3v) is 3.91. The van der Waals surface area contributed by atoms with Crippen LogP contribution in [0.15, 0.2) is 24.3 Å².